The molecule has 3 aromatic carbocycles. The van der Waals surface area contributed by atoms with Crippen molar-refractivity contribution >= 4 is 28.9 Å². The van der Waals surface area contributed by atoms with Crippen LogP contribution >= 0.6 is 12.2 Å². The predicted octanol–water partition coefficient (Wildman–Crippen LogP) is 7.01. The third-order valence-corrected chi connectivity index (χ3v) is 6.44. The highest BCUT2D eigenvalue weighted by Crippen LogP contribution is 2.26. The number of benzene rings is 3. The number of hydrogen-bond acceptors (Lipinski definition) is 4. The van der Waals surface area contributed by atoms with Crippen LogP contribution in [-0.2, 0) is 11.2 Å². The van der Waals surface area contributed by atoms with Gasteiger partial charge in [-0.2, -0.15) is 0 Å². The van der Waals surface area contributed by atoms with Crippen molar-refractivity contribution in [1.29, 1.82) is 0 Å². The number of thiocarbonyl (C=S) groups is 1. The first-order valence-electron chi connectivity index (χ1n) is 12.8. The molecule has 5 nitrogen and oxygen atoms in total. The Hall–Kier alpha value is -3.38. The second-order valence-corrected chi connectivity index (χ2v) is 10.4. The normalized spacial score (nSPS) is 11.0. The van der Waals surface area contributed by atoms with Crippen molar-refractivity contribution < 1.29 is 14.3 Å². The van der Waals surface area contributed by atoms with Gasteiger partial charge >= 0.3 is 0 Å². The number of carbonyl (C=O) groups excluding carboxylic acids is 1. The Labute approximate surface area is 226 Å². The van der Waals surface area contributed by atoms with Gasteiger partial charge in [0.25, 0.3) is 0 Å². The zero-order chi connectivity index (χ0) is 26.7. The van der Waals surface area contributed by atoms with Crippen LogP contribution in [0.2, 0.25) is 0 Å². The summed E-state index contributed by atoms with van der Waals surface area (Å²) >= 11 is 5.44. The van der Waals surface area contributed by atoms with E-state index in [-0.39, 0.29) is 11.0 Å². The summed E-state index contributed by atoms with van der Waals surface area (Å²) in [6.45, 7) is 9.07. The first-order chi connectivity index (χ1) is 17.7. The van der Waals surface area contributed by atoms with Crippen LogP contribution in [0.15, 0.2) is 72.8 Å². The average Bonchev–Trinajstić information content (AvgIpc) is 2.88. The molecule has 0 aromatic heterocycles. The summed E-state index contributed by atoms with van der Waals surface area (Å²) in [5, 5.41) is 6.22. The van der Waals surface area contributed by atoms with E-state index in [9.17, 15) is 4.79 Å². The second kappa shape index (κ2) is 13.8. The molecule has 0 saturated carbocycles. The first kappa shape index (κ1) is 28.2. The van der Waals surface area contributed by atoms with Gasteiger partial charge in [0, 0.05) is 5.41 Å². The molecule has 0 heterocycles. The fourth-order valence-corrected chi connectivity index (χ4v) is 4.10. The topological polar surface area (TPSA) is 59.6 Å². The van der Waals surface area contributed by atoms with Crippen molar-refractivity contribution in [2.45, 2.75) is 53.4 Å². The molecule has 3 rings (SSSR count). The summed E-state index contributed by atoms with van der Waals surface area (Å²) in [6.07, 6.45) is 3.29. The molecule has 0 aliphatic heterocycles. The molecule has 6 heteroatoms. The quantitative estimate of drug-likeness (QED) is 0.199. The summed E-state index contributed by atoms with van der Waals surface area (Å²) in [5.41, 5.74) is 3.71. The lowest BCUT2D eigenvalue weighted by Crippen LogP contribution is -2.42. The third kappa shape index (κ3) is 9.21. The molecule has 3 aromatic rings. The van der Waals surface area contributed by atoms with Crippen LogP contribution in [0, 0.1) is 19.3 Å². The van der Waals surface area contributed by atoms with Crippen molar-refractivity contribution in [3.63, 3.8) is 0 Å². The van der Waals surface area contributed by atoms with Gasteiger partial charge in [0.15, 0.2) is 5.11 Å². The number of aryl methyl sites for hydroxylation is 3. The van der Waals surface area contributed by atoms with E-state index in [0.717, 1.165) is 36.3 Å². The van der Waals surface area contributed by atoms with Gasteiger partial charge in [-0.25, -0.2) is 0 Å². The lowest BCUT2D eigenvalue weighted by Gasteiger charge is -2.24. The number of rotatable bonds is 12. The van der Waals surface area contributed by atoms with E-state index in [2.05, 4.69) is 34.9 Å². The van der Waals surface area contributed by atoms with Crippen LogP contribution < -0.4 is 20.1 Å². The number of hydrogen-bond donors (Lipinski definition) is 2. The van der Waals surface area contributed by atoms with Crippen LogP contribution in [0.4, 0.5) is 5.69 Å². The molecule has 0 aliphatic carbocycles. The Morgan fingerprint density at radius 1 is 0.865 bits per heavy atom. The number of nitrogens with one attached hydrogen (secondary N) is 2. The van der Waals surface area contributed by atoms with Gasteiger partial charge in [-0.3, -0.25) is 4.79 Å². The van der Waals surface area contributed by atoms with E-state index in [0.29, 0.717) is 25.4 Å². The second-order valence-electron chi connectivity index (χ2n) is 9.95. The van der Waals surface area contributed by atoms with Crippen molar-refractivity contribution in [2.24, 2.45) is 5.41 Å². The first-order valence-corrected chi connectivity index (χ1v) is 13.2. The highest BCUT2D eigenvalue weighted by Gasteiger charge is 2.28. The maximum absolute atomic E-state index is 12.9. The molecule has 196 valence electrons. The Balaban J connectivity index is 1.43. The molecular formula is C31H38N2O3S. The van der Waals surface area contributed by atoms with Gasteiger partial charge in [0.05, 0.1) is 18.9 Å². The van der Waals surface area contributed by atoms with E-state index in [4.69, 9.17) is 21.7 Å². The Bertz CT molecular complexity index is 1180. The molecule has 37 heavy (non-hydrogen) atoms. The Morgan fingerprint density at radius 3 is 2.32 bits per heavy atom. The Morgan fingerprint density at radius 2 is 1.54 bits per heavy atom. The van der Waals surface area contributed by atoms with E-state index in [1.807, 2.05) is 76.2 Å². The van der Waals surface area contributed by atoms with E-state index in [1.54, 1.807) is 0 Å². The van der Waals surface area contributed by atoms with Gasteiger partial charge < -0.3 is 20.1 Å². The molecule has 0 spiro atoms. The van der Waals surface area contributed by atoms with Crippen LogP contribution in [-0.4, -0.2) is 24.2 Å². The maximum atomic E-state index is 12.9. The summed E-state index contributed by atoms with van der Waals surface area (Å²) in [4.78, 5) is 12.9. The van der Waals surface area contributed by atoms with Gasteiger partial charge in [-0.1, -0.05) is 68.4 Å². The van der Waals surface area contributed by atoms with Crippen molar-refractivity contribution in [1.82, 2.24) is 5.32 Å². The van der Waals surface area contributed by atoms with Crippen LogP contribution in [0.25, 0.3) is 0 Å². The van der Waals surface area contributed by atoms with Crippen LogP contribution in [0.5, 0.6) is 11.5 Å². The smallest absolute Gasteiger partial charge is 0.231 e. The average molecular weight is 519 g/mol. The minimum Gasteiger partial charge on any atom is -0.493 e. The number of carbonyl (C=O) groups is 1. The third-order valence-electron chi connectivity index (χ3n) is 6.23. The van der Waals surface area contributed by atoms with Crippen molar-refractivity contribution in [2.75, 3.05) is 18.5 Å². The van der Waals surface area contributed by atoms with Crippen LogP contribution in [0.3, 0.4) is 0 Å². The van der Waals surface area contributed by atoms with E-state index in [1.165, 1.54) is 11.1 Å². The van der Waals surface area contributed by atoms with E-state index >= 15 is 0 Å². The summed E-state index contributed by atoms with van der Waals surface area (Å²) in [6, 6.07) is 24.1. The number of amides is 1. The molecule has 0 unspecified atom stereocenters. The Kier molecular flexibility index (Phi) is 10.5. The fourth-order valence-electron chi connectivity index (χ4n) is 3.90. The summed E-state index contributed by atoms with van der Waals surface area (Å²) < 4.78 is 11.9. The molecule has 0 bridgehead atoms. The van der Waals surface area contributed by atoms with E-state index < -0.39 is 5.41 Å². The molecule has 0 radical (unpaired) electrons. The van der Waals surface area contributed by atoms with Gasteiger partial charge in [-0.15, -0.1) is 0 Å². The van der Waals surface area contributed by atoms with Gasteiger partial charge in [-0.05, 0) is 86.6 Å². The van der Waals surface area contributed by atoms with Gasteiger partial charge in [0.1, 0.15) is 11.5 Å². The number of ether oxygens (including phenoxy) is 2. The standard InChI is InChI=1S/C31H38N2O3S/c1-23-17-18-24(2)28(22-23)36-21-11-19-31(3,4)29(34)33-30(37)32-26-15-8-9-16-27(26)35-20-10-14-25-12-6-5-7-13-25/h5-9,12-13,15-18,22H,10-11,14,19-21H2,1-4H3,(H2,32,33,34,37). The highest BCUT2D eigenvalue weighted by atomic mass is 32.1. The maximum Gasteiger partial charge on any atom is 0.231 e. The lowest BCUT2D eigenvalue weighted by molar-refractivity contribution is -0.128. The molecule has 0 saturated heterocycles. The molecule has 0 fully saturated rings. The SMILES string of the molecule is Cc1ccc(C)c(OCCCC(C)(C)C(=O)NC(=S)Nc2ccccc2OCCCc2ccccc2)c1. The molecule has 0 atom stereocenters. The highest BCUT2D eigenvalue weighted by molar-refractivity contribution is 7.80. The molecular weight excluding hydrogens is 480 g/mol. The van der Waals surface area contributed by atoms with Crippen molar-refractivity contribution in [3.05, 3.63) is 89.5 Å². The van der Waals surface area contributed by atoms with Crippen LogP contribution in [0.1, 0.15) is 49.8 Å². The zero-order valence-corrected chi connectivity index (χ0v) is 23.1. The molecule has 1 amide bonds. The lowest BCUT2D eigenvalue weighted by atomic mass is 9.87. The monoisotopic (exact) mass is 518 g/mol. The zero-order valence-electron chi connectivity index (χ0n) is 22.3. The summed E-state index contributed by atoms with van der Waals surface area (Å²) in [5.74, 6) is 1.47. The predicted molar refractivity (Wildman–Crippen MR) is 155 cm³/mol. The molecule has 0 aliphatic rings. The number of anilines is 1. The largest absolute Gasteiger partial charge is 0.493 e. The van der Waals surface area contributed by atoms with Crippen molar-refractivity contribution in [3.8, 4) is 11.5 Å². The minimum atomic E-state index is -0.593. The minimum absolute atomic E-state index is 0.127. The van der Waals surface area contributed by atoms with Gasteiger partial charge in [0.2, 0.25) is 5.91 Å². The number of para-hydroxylation sites is 2. The fraction of sp³-hybridized carbons (Fsp3) is 0.355. The molecule has 2 N–H and O–H groups in total. The summed E-state index contributed by atoms with van der Waals surface area (Å²) in [7, 11) is 0.